The molecule has 0 heterocycles. The number of phenols is 3. The van der Waals surface area contributed by atoms with E-state index in [9.17, 15) is 15.3 Å². The minimum atomic E-state index is -0.482. The summed E-state index contributed by atoms with van der Waals surface area (Å²) >= 11 is 0. The Morgan fingerprint density at radius 1 is 0.952 bits per heavy atom. The first kappa shape index (κ1) is 15.0. The van der Waals surface area contributed by atoms with Crippen LogP contribution in [-0.4, -0.2) is 29.0 Å². The summed E-state index contributed by atoms with van der Waals surface area (Å²) in [6, 6.07) is 10.8. The quantitative estimate of drug-likeness (QED) is 0.484. The molecule has 0 bridgehead atoms. The van der Waals surface area contributed by atoms with Gasteiger partial charge in [0.05, 0.1) is 7.11 Å². The highest BCUT2D eigenvalue weighted by atomic mass is 16.5. The molecule has 0 fully saturated rings. The van der Waals surface area contributed by atoms with Crippen LogP contribution in [0.5, 0.6) is 23.0 Å². The van der Waals surface area contributed by atoms with Gasteiger partial charge in [-0.2, -0.15) is 0 Å². The Morgan fingerprint density at radius 3 is 2.33 bits per heavy atom. The van der Waals surface area contributed by atoms with Crippen molar-refractivity contribution in [3.63, 3.8) is 0 Å². The summed E-state index contributed by atoms with van der Waals surface area (Å²) in [6.45, 7) is 1.14. The number of hydrogen-bond acceptors (Lipinski definition) is 5. The molecule has 21 heavy (non-hydrogen) atoms. The van der Waals surface area contributed by atoms with Crippen molar-refractivity contribution in [1.29, 1.82) is 0 Å². The molecule has 0 aliphatic rings. The van der Waals surface area contributed by atoms with E-state index in [0.717, 1.165) is 18.7 Å². The molecular formula is C16H19NO4. The Labute approximate surface area is 123 Å². The van der Waals surface area contributed by atoms with Gasteiger partial charge in [-0.3, -0.25) is 0 Å². The van der Waals surface area contributed by atoms with Gasteiger partial charge in [-0.05, 0) is 36.7 Å². The second kappa shape index (κ2) is 6.85. The molecule has 0 aliphatic carbocycles. The Hall–Kier alpha value is -2.40. The van der Waals surface area contributed by atoms with Crippen molar-refractivity contribution < 1.29 is 20.1 Å². The molecule has 0 spiro atoms. The van der Waals surface area contributed by atoms with Crippen LogP contribution >= 0.6 is 0 Å². The minimum Gasteiger partial charge on any atom is -0.504 e. The van der Waals surface area contributed by atoms with Crippen LogP contribution in [0.25, 0.3) is 0 Å². The van der Waals surface area contributed by atoms with Crippen LogP contribution in [0.2, 0.25) is 0 Å². The maximum Gasteiger partial charge on any atom is 0.200 e. The molecule has 0 saturated carbocycles. The molecular weight excluding hydrogens is 270 g/mol. The lowest BCUT2D eigenvalue weighted by Crippen LogP contribution is -2.16. The molecule has 5 nitrogen and oxygen atoms in total. The average Bonchev–Trinajstić information content (AvgIpc) is 2.51. The molecule has 0 aromatic heterocycles. The third kappa shape index (κ3) is 3.79. The summed E-state index contributed by atoms with van der Waals surface area (Å²) in [7, 11) is 1.64. The van der Waals surface area contributed by atoms with Crippen LogP contribution in [0, 0.1) is 0 Å². The van der Waals surface area contributed by atoms with Crippen LogP contribution in [-0.2, 0) is 13.0 Å². The van der Waals surface area contributed by atoms with Gasteiger partial charge in [0.1, 0.15) is 5.75 Å². The lowest BCUT2D eigenvalue weighted by molar-refractivity contribution is 0.364. The van der Waals surface area contributed by atoms with Crippen molar-refractivity contribution in [2.24, 2.45) is 0 Å². The number of nitrogens with one attached hydrogen (secondary N) is 1. The maximum absolute atomic E-state index is 9.69. The van der Waals surface area contributed by atoms with Gasteiger partial charge >= 0.3 is 0 Å². The van der Waals surface area contributed by atoms with E-state index in [4.69, 9.17) is 4.74 Å². The predicted molar refractivity (Wildman–Crippen MR) is 79.8 cm³/mol. The van der Waals surface area contributed by atoms with Crippen molar-refractivity contribution in [3.05, 3.63) is 47.5 Å². The van der Waals surface area contributed by atoms with Crippen LogP contribution in [0.1, 0.15) is 11.1 Å². The highest BCUT2D eigenvalue weighted by molar-refractivity contribution is 5.53. The number of ether oxygens (including phenoxy) is 1. The molecule has 5 heteroatoms. The number of benzene rings is 2. The molecule has 0 amide bonds. The van der Waals surface area contributed by atoms with Crippen LogP contribution in [0.15, 0.2) is 36.4 Å². The van der Waals surface area contributed by atoms with Gasteiger partial charge in [0.15, 0.2) is 11.5 Å². The van der Waals surface area contributed by atoms with Gasteiger partial charge in [0.25, 0.3) is 0 Å². The molecule has 2 aromatic rings. The van der Waals surface area contributed by atoms with E-state index in [0.29, 0.717) is 12.1 Å². The molecule has 2 aromatic carbocycles. The Balaban J connectivity index is 1.83. The lowest BCUT2D eigenvalue weighted by atomic mass is 10.1. The van der Waals surface area contributed by atoms with E-state index in [2.05, 4.69) is 5.32 Å². The summed E-state index contributed by atoms with van der Waals surface area (Å²) in [5.74, 6) is -0.262. The lowest BCUT2D eigenvalue weighted by Gasteiger charge is -2.09. The normalized spacial score (nSPS) is 10.5. The van der Waals surface area contributed by atoms with E-state index in [1.165, 1.54) is 11.6 Å². The summed E-state index contributed by atoms with van der Waals surface area (Å²) in [4.78, 5) is 0. The number of phenolic OH excluding ortho intramolecular Hbond substituents is 3. The summed E-state index contributed by atoms with van der Waals surface area (Å²) < 4.78 is 5.10. The van der Waals surface area contributed by atoms with E-state index < -0.39 is 5.75 Å². The third-order valence-corrected chi connectivity index (χ3v) is 3.28. The fraction of sp³-hybridized carbons (Fsp3) is 0.250. The Bertz CT molecular complexity index is 596. The SMILES string of the molecule is COc1ccc(CCNCc2ccc(O)c(O)c2O)cc1. The topological polar surface area (TPSA) is 82.0 Å². The Morgan fingerprint density at radius 2 is 1.67 bits per heavy atom. The van der Waals surface area contributed by atoms with Crippen molar-refractivity contribution >= 4 is 0 Å². The third-order valence-electron chi connectivity index (χ3n) is 3.28. The van der Waals surface area contributed by atoms with Crippen molar-refractivity contribution in [3.8, 4) is 23.0 Å². The fourth-order valence-corrected chi connectivity index (χ4v) is 2.00. The molecule has 2 rings (SSSR count). The highest BCUT2D eigenvalue weighted by Gasteiger charge is 2.10. The monoisotopic (exact) mass is 289 g/mol. The van der Waals surface area contributed by atoms with Gasteiger partial charge in [-0.1, -0.05) is 18.2 Å². The zero-order valence-electron chi connectivity index (χ0n) is 11.8. The maximum atomic E-state index is 9.69. The average molecular weight is 289 g/mol. The second-order valence-corrected chi connectivity index (χ2v) is 4.72. The number of rotatable bonds is 6. The van der Waals surface area contributed by atoms with Crippen molar-refractivity contribution in [2.75, 3.05) is 13.7 Å². The molecule has 0 unspecified atom stereocenters. The zero-order chi connectivity index (χ0) is 15.2. The molecule has 0 atom stereocenters. The first-order valence-corrected chi connectivity index (χ1v) is 6.68. The van der Waals surface area contributed by atoms with Gasteiger partial charge in [-0.15, -0.1) is 0 Å². The largest absolute Gasteiger partial charge is 0.504 e. The molecule has 112 valence electrons. The van der Waals surface area contributed by atoms with Gasteiger partial charge in [0.2, 0.25) is 5.75 Å². The Kier molecular flexibility index (Phi) is 4.90. The molecule has 4 N–H and O–H groups in total. The fourth-order valence-electron chi connectivity index (χ4n) is 2.00. The van der Waals surface area contributed by atoms with Crippen LogP contribution < -0.4 is 10.1 Å². The van der Waals surface area contributed by atoms with E-state index in [-0.39, 0.29) is 11.5 Å². The molecule has 0 radical (unpaired) electrons. The van der Waals surface area contributed by atoms with Crippen LogP contribution in [0.3, 0.4) is 0 Å². The van der Waals surface area contributed by atoms with Crippen molar-refractivity contribution in [2.45, 2.75) is 13.0 Å². The van der Waals surface area contributed by atoms with Crippen molar-refractivity contribution in [1.82, 2.24) is 5.32 Å². The summed E-state index contributed by atoms with van der Waals surface area (Å²) in [5.41, 5.74) is 1.72. The standard InChI is InChI=1S/C16H19NO4/c1-21-13-5-2-11(3-6-13)8-9-17-10-12-4-7-14(18)16(20)15(12)19/h2-7,17-20H,8-10H2,1H3. The number of methoxy groups -OCH3 is 1. The van der Waals surface area contributed by atoms with E-state index in [1.807, 2.05) is 24.3 Å². The second-order valence-electron chi connectivity index (χ2n) is 4.72. The first-order chi connectivity index (χ1) is 10.1. The van der Waals surface area contributed by atoms with Gasteiger partial charge < -0.3 is 25.4 Å². The van der Waals surface area contributed by atoms with E-state index in [1.54, 1.807) is 13.2 Å². The smallest absolute Gasteiger partial charge is 0.200 e. The highest BCUT2D eigenvalue weighted by Crippen LogP contribution is 2.36. The zero-order valence-corrected chi connectivity index (χ0v) is 11.8. The number of aromatic hydroxyl groups is 3. The van der Waals surface area contributed by atoms with Crippen LogP contribution in [0.4, 0.5) is 0 Å². The van der Waals surface area contributed by atoms with E-state index >= 15 is 0 Å². The predicted octanol–water partition coefficient (Wildman–Crippen LogP) is 2.14. The summed E-state index contributed by atoms with van der Waals surface area (Å²) in [6.07, 6.45) is 0.842. The minimum absolute atomic E-state index is 0.285. The molecule has 0 saturated heterocycles. The molecule has 0 aliphatic heterocycles. The van der Waals surface area contributed by atoms with Gasteiger partial charge in [-0.25, -0.2) is 0 Å². The number of hydrogen-bond donors (Lipinski definition) is 4. The first-order valence-electron chi connectivity index (χ1n) is 6.68. The van der Waals surface area contributed by atoms with Gasteiger partial charge in [0, 0.05) is 12.1 Å². The summed E-state index contributed by atoms with van der Waals surface area (Å²) in [5, 5.41) is 31.5.